The molecule has 0 saturated carbocycles. The Kier molecular flexibility index (Phi) is 8.16. The van der Waals surface area contributed by atoms with E-state index in [9.17, 15) is 9.59 Å². The van der Waals surface area contributed by atoms with Crippen molar-refractivity contribution in [1.29, 1.82) is 0 Å². The highest BCUT2D eigenvalue weighted by Gasteiger charge is 2.30. The van der Waals surface area contributed by atoms with Crippen molar-refractivity contribution in [3.05, 3.63) is 113 Å². The van der Waals surface area contributed by atoms with E-state index in [-0.39, 0.29) is 25.0 Å². The summed E-state index contributed by atoms with van der Waals surface area (Å²) in [7, 11) is 1.59. The molecule has 1 atom stereocenters. The predicted octanol–water partition coefficient (Wildman–Crippen LogP) is 5.37. The fourth-order valence-electron chi connectivity index (χ4n) is 4.10. The molecule has 2 amide bonds. The highest BCUT2D eigenvalue weighted by Crippen LogP contribution is 2.25. The van der Waals surface area contributed by atoms with E-state index in [4.69, 9.17) is 4.74 Å². The molecule has 178 valence electrons. The van der Waals surface area contributed by atoms with Gasteiger partial charge in [0.1, 0.15) is 11.8 Å². The van der Waals surface area contributed by atoms with Crippen molar-refractivity contribution in [2.75, 3.05) is 13.7 Å². The fraction of sp³-hybridized carbons (Fsp3) is 0.172. The first-order chi connectivity index (χ1) is 17.0. The highest BCUT2D eigenvalue weighted by atomic mass is 79.9. The number of rotatable bonds is 9. The number of likely N-dealkylation sites (N-methyl/N-ethyl adjacent to an activating group) is 1. The minimum absolute atomic E-state index is 0.176. The van der Waals surface area contributed by atoms with Crippen LogP contribution in [0.4, 0.5) is 0 Å². The Labute approximate surface area is 213 Å². The van der Waals surface area contributed by atoms with Gasteiger partial charge in [-0.2, -0.15) is 0 Å². The van der Waals surface area contributed by atoms with Crippen molar-refractivity contribution in [3.8, 4) is 5.75 Å². The van der Waals surface area contributed by atoms with Crippen LogP contribution in [0.2, 0.25) is 0 Å². The summed E-state index contributed by atoms with van der Waals surface area (Å²) in [5.41, 5.74) is 1.89. The van der Waals surface area contributed by atoms with Gasteiger partial charge in [-0.05, 0) is 34.7 Å². The molecule has 4 aromatic carbocycles. The van der Waals surface area contributed by atoms with Crippen molar-refractivity contribution in [2.24, 2.45) is 0 Å². The molecule has 4 aromatic rings. The second kappa shape index (κ2) is 11.7. The normalized spacial score (nSPS) is 11.6. The second-order valence-corrected chi connectivity index (χ2v) is 9.15. The van der Waals surface area contributed by atoms with E-state index in [2.05, 4.69) is 21.2 Å². The number of carbonyl (C=O) groups is 2. The van der Waals surface area contributed by atoms with Gasteiger partial charge in [0, 0.05) is 29.9 Å². The summed E-state index contributed by atoms with van der Waals surface area (Å²) in [5, 5.41) is 4.71. The first-order valence-electron chi connectivity index (χ1n) is 11.4. The molecule has 0 aliphatic carbocycles. The largest absolute Gasteiger partial charge is 0.483 e. The number of halogens is 1. The van der Waals surface area contributed by atoms with Gasteiger partial charge < -0.3 is 15.0 Å². The zero-order valence-corrected chi connectivity index (χ0v) is 21.1. The summed E-state index contributed by atoms with van der Waals surface area (Å²) in [6, 6.07) is 30.4. The minimum Gasteiger partial charge on any atom is -0.483 e. The lowest BCUT2D eigenvalue weighted by molar-refractivity contribution is -0.142. The van der Waals surface area contributed by atoms with E-state index < -0.39 is 6.04 Å². The number of nitrogens with zero attached hydrogens (tertiary/aromatic N) is 1. The molecule has 0 fully saturated rings. The summed E-state index contributed by atoms with van der Waals surface area (Å²) < 4.78 is 6.92. The molecule has 0 aromatic heterocycles. The SMILES string of the molecule is CNC(=O)[C@H](Cc1ccccc1)N(Cc1cccc(Br)c1)C(=O)COc1cccc2ccccc12. The summed E-state index contributed by atoms with van der Waals surface area (Å²) in [4.78, 5) is 28.2. The van der Waals surface area contributed by atoms with E-state index in [1.165, 1.54) is 0 Å². The summed E-state index contributed by atoms with van der Waals surface area (Å²) >= 11 is 3.50. The van der Waals surface area contributed by atoms with Gasteiger partial charge in [0.15, 0.2) is 6.61 Å². The van der Waals surface area contributed by atoms with Gasteiger partial charge in [-0.25, -0.2) is 0 Å². The van der Waals surface area contributed by atoms with Crippen molar-refractivity contribution in [1.82, 2.24) is 10.2 Å². The number of benzene rings is 4. The van der Waals surface area contributed by atoms with Crippen LogP contribution in [0.3, 0.4) is 0 Å². The maximum Gasteiger partial charge on any atom is 0.261 e. The quantitative estimate of drug-likeness (QED) is 0.316. The van der Waals surface area contributed by atoms with Gasteiger partial charge in [-0.3, -0.25) is 9.59 Å². The third kappa shape index (κ3) is 6.28. The Balaban J connectivity index is 1.62. The van der Waals surface area contributed by atoms with Crippen LogP contribution in [0, 0.1) is 0 Å². The van der Waals surface area contributed by atoms with Crippen LogP contribution >= 0.6 is 15.9 Å². The highest BCUT2D eigenvalue weighted by molar-refractivity contribution is 9.10. The maximum atomic E-state index is 13.6. The van der Waals surface area contributed by atoms with Crippen LogP contribution in [0.5, 0.6) is 5.75 Å². The topological polar surface area (TPSA) is 58.6 Å². The Morgan fingerprint density at radius 3 is 2.34 bits per heavy atom. The molecule has 35 heavy (non-hydrogen) atoms. The van der Waals surface area contributed by atoms with E-state index in [1.807, 2.05) is 97.1 Å². The van der Waals surface area contributed by atoms with Crippen LogP contribution in [0.25, 0.3) is 10.8 Å². The summed E-state index contributed by atoms with van der Waals surface area (Å²) in [5.74, 6) is 0.156. The molecule has 0 spiro atoms. The van der Waals surface area contributed by atoms with E-state index in [0.29, 0.717) is 12.2 Å². The molecule has 0 aliphatic heterocycles. The maximum absolute atomic E-state index is 13.6. The van der Waals surface area contributed by atoms with Gasteiger partial charge in [0.2, 0.25) is 5.91 Å². The number of amides is 2. The average molecular weight is 531 g/mol. The first kappa shape index (κ1) is 24.5. The van der Waals surface area contributed by atoms with E-state index in [1.54, 1.807) is 11.9 Å². The molecule has 0 saturated heterocycles. The molecule has 0 bridgehead atoms. The lowest BCUT2D eigenvalue weighted by Gasteiger charge is -2.31. The molecule has 0 radical (unpaired) electrons. The van der Waals surface area contributed by atoms with Crippen LogP contribution in [0.15, 0.2) is 102 Å². The van der Waals surface area contributed by atoms with Gasteiger partial charge >= 0.3 is 0 Å². The standard InChI is InChI=1S/C29H27BrN2O3/c1-31-29(34)26(18-21-9-3-2-4-10-21)32(19-22-11-7-14-24(30)17-22)28(33)20-35-27-16-8-13-23-12-5-6-15-25(23)27/h2-17,26H,18-20H2,1H3,(H,31,34)/t26-/m0/s1. The average Bonchev–Trinajstić information content (AvgIpc) is 2.89. The molecule has 0 unspecified atom stereocenters. The van der Waals surface area contributed by atoms with Crippen molar-refractivity contribution in [3.63, 3.8) is 0 Å². The first-order valence-corrected chi connectivity index (χ1v) is 12.2. The van der Waals surface area contributed by atoms with Crippen molar-refractivity contribution >= 4 is 38.5 Å². The molecular formula is C29H27BrN2O3. The molecule has 0 heterocycles. The molecule has 1 N–H and O–H groups in total. The van der Waals surface area contributed by atoms with Crippen molar-refractivity contribution in [2.45, 2.75) is 19.0 Å². The molecule has 6 heteroatoms. The zero-order chi connectivity index (χ0) is 24.6. The van der Waals surface area contributed by atoms with Gasteiger partial charge in [0.05, 0.1) is 0 Å². The number of hydrogen-bond acceptors (Lipinski definition) is 3. The zero-order valence-electron chi connectivity index (χ0n) is 19.5. The van der Waals surface area contributed by atoms with E-state index >= 15 is 0 Å². The monoisotopic (exact) mass is 530 g/mol. The van der Waals surface area contributed by atoms with Gasteiger partial charge in [0.25, 0.3) is 5.91 Å². The molecule has 5 nitrogen and oxygen atoms in total. The van der Waals surface area contributed by atoms with Crippen LogP contribution < -0.4 is 10.1 Å². The Morgan fingerprint density at radius 2 is 1.57 bits per heavy atom. The lowest BCUT2D eigenvalue weighted by Crippen LogP contribution is -2.51. The Bertz CT molecular complexity index is 1300. The van der Waals surface area contributed by atoms with Gasteiger partial charge in [-0.15, -0.1) is 0 Å². The Morgan fingerprint density at radius 1 is 0.886 bits per heavy atom. The fourth-order valence-corrected chi connectivity index (χ4v) is 4.54. The van der Waals surface area contributed by atoms with E-state index in [0.717, 1.165) is 26.4 Å². The van der Waals surface area contributed by atoms with Crippen LogP contribution in [0.1, 0.15) is 11.1 Å². The third-order valence-corrected chi connectivity index (χ3v) is 6.35. The lowest BCUT2D eigenvalue weighted by atomic mass is 10.0. The number of ether oxygens (including phenoxy) is 1. The van der Waals surface area contributed by atoms with Crippen molar-refractivity contribution < 1.29 is 14.3 Å². The van der Waals surface area contributed by atoms with Crippen LogP contribution in [-0.4, -0.2) is 36.4 Å². The summed E-state index contributed by atoms with van der Waals surface area (Å²) in [6.07, 6.45) is 0.397. The number of nitrogens with one attached hydrogen (secondary N) is 1. The number of fused-ring (bicyclic) bond motifs is 1. The summed E-state index contributed by atoms with van der Waals surface area (Å²) in [6.45, 7) is 0.104. The minimum atomic E-state index is -0.690. The van der Waals surface area contributed by atoms with Crippen LogP contribution in [-0.2, 0) is 22.6 Å². The molecule has 0 aliphatic rings. The third-order valence-electron chi connectivity index (χ3n) is 5.86. The predicted molar refractivity (Wildman–Crippen MR) is 142 cm³/mol. The molecular weight excluding hydrogens is 504 g/mol. The second-order valence-electron chi connectivity index (χ2n) is 8.24. The smallest absolute Gasteiger partial charge is 0.261 e. The number of carbonyl (C=O) groups excluding carboxylic acids is 2. The van der Waals surface area contributed by atoms with Gasteiger partial charge in [-0.1, -0.05) is 94.8 Å². The number of hydrogen-bond donors (Lipinski definition) is 1. The molecule has 4 rings (SSSR count). The Hall–Kier alpha value is -3.64.